The number of amides is 1. The summed E-state index contributed by atoms with van der Waals surface area (Å²) in [5, 5.41) is 0. The molecule has 7 heteroatoms. The number of benzene rings is 1. The highest BCUT2D eigenvalue weighted by atomic mass is 32.2. The van der Waals surface area contributed by atoms with Gasteiger partial charge in [-0.25, -0.2) is 8.42 Å². The minimum absolute atomic E-state index is 0.0942. The summed E-state index contributed by atoms with van der Waals surface area (Å²) in [5.41, 5.74) is 1.12. The van der Waals surface area contributed by atoms with Crippen LogP contribution in [0.1, 0.15) is 31.7 Å². The summed E-state index contributed by atoms with van der Waals surface area (Å²) >= 11 is 0. The first-order valence-electron chi connectivity index (χ1n) is 8.79. The molecule has 1 fully saturated rings. The van der Waals surface area contributed by atoms with Crippen molar-refractivity contribution in [3.63, 3.8) is 0 Å². The van der Waals surface area contributed by atoms with Crippen LogP contribution in [-0.2, 0) is 14.8 Å². The van der Waals surface area contributed by atoms with E-state index in [1.807, 2.05) is 38.1 Å². The van der Waals surface area contributed by atoms with E-state index in [1.165, 1.54) is 4.31 Å². The van der Waals surface area contributed by atoms with E-state index >= 15 is 0 Å². The third kappa shape index (κ3) is 5.19. The van der Waals surface area contributed by atoms with Gasteiger partial charge in [0.2, 0.25) is 15.9 Å². The Labute approximate surface area is 150 Å². The molecule has 0 bridgehead atoms. The molecular weight excluding hydrogens is 340 g/mol. The molecule has 1 heterocycles. The second kappa shape index (κ2) is 8.67. The quantitative estimate of drug-likeness (QED) is 0.704. The van der Waals surface area contributed by atoms with Gasteiger partial charge in [-0.1, -0.05) is 19.1 Å². The van der Waals surface area contributed by atoms with E-state index in [0.717, 1.165) is 17.7 Å². The largest absolute Gasteiger partial charge is 0.492 e. The molecule has 0 spiro atoms. The first-order chi connectivity index (χ1) is 11.8. The lowest BCUT2D eigenvalue weighted by molar-refractivity contribution is -0.133. The minimum Gasteiger partial charge on any atom is -0.492 e. The Morgan fingerprint density at radius 3 is 2.84 bits per heavy atom. The second-order valence-electron chi connectivity index (χ2n) is 6.51. The Hall–Kier alpha value is -1.60. The van der Waals surface area contributed by atoms with Crippen LogP contribution in [0.3, 0.4) is 0 Å². The zero-order valence-electron chi connectivity index (χ0n) is 15.3. The lowest BCUT2D eigenvalue weighted by atomic mass is 10.2. The van der Waals surface area contributed by atoms with E-state index in [1.54, 1.807) is 11.9 Å². The molecule has 1 aromatic rings. The molecule has 25 heavy (non-hydrogen) atoms. The molecule has 1 saturated heterocycles. The molecule has 1 unspecified atom stereocenters. The van der Waals surface area contributed by atoms with Crippen molar-refractivity contribution < 1.29 is 17.9 Å². The van der Waals surface area contributed by atoms with Gasteiger partial charge >= 0.3 is 0 Å². The third-order valence-corrected chi connectivity index (χ3v) is 6.45. The average molecular weight is 368 g/mol. The first-order valence-corrected chi connectivity index (χ1v) is 10.4. The maximum absolute atomic E-state index is 12.7. The fraction of sp³-hybridized carbons (Fsp3) is 0.611. The van der Waals surface area contributed by atoms with Gasteiger partial charge in [0.25, 0.3) is 0 Å². The molecule has 0 saturated carbocycles. The monoisotopic (exact) mass is 368 g/mol. The van der Waals surface area contributed by atoms with Crippen molar-refractivity contribution >= 4 is 15.9 Å². The van der Waals surface area contributed by atoms with Crippen molar-refractivity contribution in [2.45, 2.75) is 39.2 Å². The molecule has 6 nitrogen and oxygen atoms in total. The Morgan fingerprint density at radius 2 is 2.16 bits per heavy atom. The molecule has 1 aliphatic heterocycles. The van der Waals surface area contributed by atoms with Crippen molar-refractivity contribution in [1.29, 1.82) is 0 Å². The lowest BCUT2D eigenvalue weighted by Crippen LogP contribution is -2.47. The van der Waals surface area contributed by atoms with Gasteiger partial charge in [0.1, 0.15) is 18.4 Å². The van der Waals surface area contributed by atoms with Gasteiger partial charge in [-0.3, -0.25) is 4.79 Å². The predicted molar refractivity (Wildman–Crippen MR) is 98.1 cm³/mol. The smallest absolute Gasteiger partial charge is 0.240 e. The topological polar surface area (TPSA) is 66.9 Å². The molecule has 1 aliphatic rings. The van der Waals surface area contributed by atoms with Crippen molar-refractivity contribution in [2.24, 2.45) is 0 Å². The Balaban J connectivity index is 1.90. The predicted octanol–water partition coefficient (Wildman–Crippen LogP) is 2.04. The van der Waals surface area contributed by atoms with Crippen LogP contribution in [0.15, 0.2) is 24.3 Å². The Kier molecular flexibility index (Phi) is 6.84. The average Bonchev–Trinajstić information content (AvgIpc) is 3.04. The number of likely N-dealkylation sites (N-methyl/N-ethyl adjacent to an activating group) is 1. The van der Waals surface area contributed by atoms with Crippen LogP contribution >= 0.6 is 0 Å². The molecular formula is C18H28N2O4S. The Morgan fingerprint density at radius 1 is 1.40 bits per heavy atom. The fourth-order valence-corrected chi connectivity index (χ4v) is 4.81. The van der Waals surface area contributed by atoms with Gasteiger partial charge in [0.05, 0.1) is 12.3 Å². The van der Waals surface area contributed by atoms with E-state index in [4.69, 9.17) is 4.74 Å². The normalized spacial score (nSPS) is 18.3. The number of rotatable bonds is 8. The molecule has 0 aromatic heterocycles. The summed E-state index contributed by atoms with van der Waals surface area (Å²) in [6.07, 6.45) is 1.87. The molecule has 0 N–H and O–H groups in total. The third-order valence-electron chi connectivity index (χ3n) is 4.37. The summed E-state index contributed by atoms with van der Waals surface area (Å²) in [7, 11) is -1.65. The molecule has 1 amide bonds. The van der Waals surface area contributed by atoms with Gasteiger partial charge in [-0.15, -0.1) is 0 Å². The van der Waals surface area contributed by atoms with Crippen LogP contribution in [0.2, 0.25) is 0 Å². The van der Waals surface area contributed by atoms with E-state index in [0.29, 0.717) is 32.5 Å². The van der Waals surface area contributed by atoms with Crippen LogP contribution in [0.5, 0.6) is 5.75 Å². The number of carbonyl (C=O) groups excluding carboxylic acids is 1. The van der Waals surface area contributed by atoms with E-state index in [2.05, 4.69) is 0 Å². The van der Waals surface area contributed by atoms with Crippen molar-refractivity contribution in [3.05, 3.63) is 29.8 Å². The molecule has 0 aliphatic carbocycles. The van der Waals surface area contributed by atoms with Gasteiger partial charge in [-0.05, 0) is 43.9 Å². The van der Waals surface area contributed by atoms with Gasteiger partial charge < -0.3 is 9.64 Å². The van der Waals surface area contributed by atoms with Gasteiger partial charge in [0.15, 0.2) is 0 Å². The maximum Gasteiger partial charge on any atom is 0.240 e. The standard InChI is InChI=1S/C18H28N2O4S/c1-4-13-25(22,23)20-10-6-9-17(20)18(21)19(3)11-12-24-16-8-5-7-15(2)14-16/h5,7-8,14,17H,4,6,9-13H2,1-3H3. The van der Waals surface area contributed by atoms with E-state index < -0.39 is 16.1 Å². The van der Waals surface area contributed by atoms with Crippen LogP contribution in [-0.4, -0.2) is 62.1 Å². The summed E-state index contributed by atoms with van der Waals surface area (Å²) < 4.78 is 31.7. The summed E-state index contributed by atoms with van der Waals surface area (Å²) in [5.74, 6) is 0.718. The lowest BCUT2D eigenvalue weighted by Gasteiger charge is -2.27. The Bertz CT molecular complexity index is 690. The van der Waals surface area contributed by atoms with E-state index in [-0.39, 0.29) is 11.7 Å². The number of carbonyl (C=O) groups is 1. The number of hydrogen-bond acceptors (Lipinski definition) is 4. The first kappa shape index (κ1) is 19.7. The van der Waals surface area contributed by atoms with Crippen LogP contribution in [0.4, 0.5) is 0 Å². The van der Waals surface area contributed by atoms with Crippen LogP contribution in [0.25, 0.3) is 0 Å². The summed E-state index contributed by atoms with van der Waals surface area (Å²) in [6.45, 7) is 5.06. The maximum atomic E-state index is 12.7. The second-order valence-corrected chi connectivity index (χ2v) is 8.55. The molecule has 140 valence electrons. The molecule has 2 rings (SSSR count). The molecule has 1 aromatic carbocycles. The zero-order chi connectivity index (χ0) is 18.4. The summed E-state index contributed by atoms with van der Waals surface area (Å²) in [4.78, 5) is 14.2. The fourth-order valence-electron chi connectivity index (χ4n) is 3.07. The highest BCUT2D eigenvalue weighted by molar-refractivity contribution is 7.89. The number of ether oxygens (including phenoxy) is 1. The molecule has 1 atom stereocenters. The van der Waals surface area contributed by atoms with Crippen LogP contribution < -0.4 is 4.74 Å². The zero-order valence-corrected chi connectivity index (χ0v) is 16.1. The number of nitrogens with zero attached hydrogens (tertiary/aromatic N) is 2. The highest BCUT2D eigenvalue weighted by Gasteiger charge is 2.39. The van der Waals surface area contributed by atoms with Crippen LogP contribution in [0, 0.1) is 6.92 Å². The SMILES string of the molecule is CCCS(=O)(=O)N1CCCC1C(=O)N(C)CCOc1cccc(C)c1. The molecule has 0 radical (unpaired) electrons. The van der Waals surface area contributed by atoms with Crippen molar-refractivity contribution in [2.75, 3.05) is 32.5 Å². The number of aryl methyl sites for hydroxylation is 1. The summed E-state index contributed by atoms with van der Waals surface area (Å²) in [6, 6.07) is 7.17. The minimum atomic E-state index is -3.35. The van der Waals surface area contributed by atoms with Crippen molar-refractivity contribution in [1.82, 2.24) is 9.21 Å². The van der Waals surface area contributed by atoms with Gasteiger partial charge in [-0.2, -0.15) is 4.31 Å². The van der Waals surface area contributed by atoms with Gasteiger partial charge in [0, 0.05) is 13.6 Å². The van der Waals surface area contributed by atoms with E-state index in [9.17, 15) is 13.2 Å². The highest BCUT2D eigenvalue weighted by Crippen LogP contribution is 2.23. The van der Waals surface area contributed by atoms with Crippen molar-refractivity contribution in [3.8, 4) is 5.75 Å². The number of hydrogen-bond donors (Lipinski definition) is 0. The number of sulfonamides is 1.